The van der Waals surface area contributed by atoms with Crippen molar-refractivity contribution in [3.8, 4) is 17.6 Å². The molecule has 2 aliphatic rings. The van der Waals surface area contributed by atoms with Gasteiger partial charge in [-0.2, -0.15) is 0 Å². The fraction of sp³-hybridized carbons (Fsp3) is 0.438. The number of aromatic nitrogens is 2. The van der Waals surface area contributed by atoms with Crippen LogP contribution in [-0.2, 0) is 24.0 Å². The monoisotopic (exact) mass is 590 g/mol. The van der Waals surface area contributed by atoms with E-state index in [0.717, 1.165) is 48.8 Å². The van der Waals surface area contributed by atoms with Crippen molar-refractivity contribution in [2.75, 3.05) is 30.9 Å². The number of aliphatic hydroxyl groups excluding tert-OH is 1. The van der Waals surface area contributed by atoms with E-state index in [9.17, 15) is 9.32 Å². The number of aliphatic hydroxyl groups is 1. The van der Waals surface area contributed by atoms with Gasteiger partial charge in [0.2, 0.25) is 0 Å². The van der Waals surface area contributed by atoms with Gasteiger partial charge in [0.05, 0.1) is 47.4 Å². The van der Waals surface area contributed by atoms with Crippen LogP contribution in [0.1, 0.15) is 62.2 Å². The molecule has 1 aromatic heterocycles. The van der Waals surface area contributed by atoms with Gasteiger partial charge in [0.25, 0.3) is 0 Å². The van der Waals surface area contributed by atoms with E-state index in [0.29, 0.717) is 17.1 Å². The van der Waals surface area contributed by atoms with Crippen LogP contribution < -0.4 is 14.4 Å². The number of piperidine rings is 1. The molecular weight excluding hydrogens is 553 g/mol. The van der Waals surface area contributed by atoms with E-state index in [-0.39, 0.29) is 22.8 Å². The van der Waals surface area contributed by atoms with E-state index in [1.54, 1.807) is 25.1 Å². The number of methoxy groups -OCH3 is 1. The summed E-state index contributed by atoms with van der Waals surface area (Å²) in [6.07, 6.45) is 4.52. The van der Waals surface area contributed by atoms with Gasteiger partial charge in [0.15, 0.2) is 5.82 Å². The van der Waals surface area contributed by atoms with Gasteiger partial charge < -0.3 is 14.7 Å². The summed E-state index contributed by atoms with van der Waals surface area (Å²) in [4.78, 5) is 12.6. The van der Waals surface area contributed by atoms with Crippen LogP contribution in [0.25, 0.3) is 0 Å². The molecule has 1 fully saturated rings. The molecule has 0 saturated carbocycles. The van der Waals surface area contributed by atoms with E-state index >= 15 is 0 Å². The third-order valence-electron chi connectivity index (χ3n) is 7.90. The first-order valence-electron chi connectivity index (χ1n) is 14.0. The van der Waals surface area contributed by atoms with Crippen LogP contribution in [0.15, 0.2) is 59.6 Å². The summed E-state index contributed by atoms with van der Waals surface area (Å²) in [6.45, 7) is 7.41. The molecule has 1 aliphatic heterocycles. The highest BCUT2D eigenvalue weighted by Gasteiger charge is 2.49. The summed E-state index contributed by atoms with van der Waals surface area (Å²) in [5.74, 6) is 8.40. The summed E-state index contributed by atoms with van der Waals surface area (Å²) in [6, 6.07) is 16.5. The minimum atomic E-state index is -1.17. The molecule has 216 valence electrons. The zero-order chi connectivity index (χ0) is 29.0. The van der Waals surface area contributed by atoms with Crippen molar-refractivity contribution < 1.29 is 14.1 Å². The highest BCUT2D eigenvalue weighted by atomic mass is 32.2. The average molecular weight is 591 g/mol. The van der Waals surface area contributed by atoms with E-state index in [2.05, 4.69) is 50.7 Å². The Morgan fingerprint density at radius 1 is 1.20 bits per heavy atom. The standard InChI is InChI=1S/C32H38N4O3S2/c1-31(2,3)41(38)35-29-27-13-6-5-9-23(27)20-32(29)14-16-36(17-15-32)30-28(22-37)34-24(21-33-30)10-8-18-40-26-12-7-11-25(19-26)39-4/h5-7,9,11-13,19,21,29,35,37H,14-18,20,22H2,1-4H3/t29-,41?/m1/s1. The Balaban J connectivity index is 1.27. The van der Waals surface area contributed by atoms with Crippen LogP contribution in [0.4, 0.5) is 5.82 Å². The SMILES string of the molecule is COc1cccc(SCC#Cc2cnc(N3CCC4(CC3)Cc3ccccc3[C@H]4NS(=O)C(C)(C)C)c(CO)n2)c1. The second kappa shape index (κ2) is 12.5. The highest BCUT2D eigenvalue weighted by molar-refractivity contribution is 7.99. The molecule has 5 rings (SSSR count). The zero-order valence-corrected chi connectivity index (χ0v) is 25.8. The fourth-order valence-electron chi connectivity index (χ4n) is 5.68. The Bertz CT molecular complexity index is 1470. The molecule has 1 saturated heterocycles. The van der Waals surface area contributed by atoms with E-state index < -0.39 is 11.0 Å². The van der Waals surface area contributed by atoms with Gasteiger partial charge in [-0.05, 0) is 80.7 Å². The molecule has 2 atom stereocenters. The number of fused-ring (bicyclic) bond motifs is 1. The van der Waals surface area contributed by atoms with Gasteiger partial charge in [-0.1, -0.05) is 36.3 Å². The molecule has 1 aliphatic carbocycles. The van der Waals surface area contributed by atoms with Crippen LogP contribution >= 0.6 is 11.8 Å². The summed E-state index contributed by atoms with van der Waals surface area (Å²) in [7, 11) is 0.488. The molecule has 9 heteroatoms. The number of hydrogen-bond donors (Lipinski definition) is 2. The lowest BCUT2D eigenvalue weighted by Crippen LogP contribution is -2.48. The number of nitrogens with one attached hydrogen (secondary N) is 1. The van der Waals surface area contributed by atoms with Crippen LogP contribution in [0.2, 0.25) is 0 Å². The molecule has 41 heavy (non-hydrogen) atoms. The molecule has 7 nitrogen and oxygen atoms in total. The maximum absolute atomic E-state index is 13.2. The third kappa shape index (κ3) is 6.62. The average Bonchev–Trinajstić information content (AvgIpc) is 3.27. The van der Waals surface area contributed by atoms with Crippen molar-refractivity contribution in [1.29, 1.82) is 0 Å². The zero-order valence-electron chi connectivity index (χ0n) is 24.1. The molecule has 0 amide bonds. The van der Waals surface area contributed by atoms with Crippen molar-refractivity contribution in [2.24, 2.45) is 5.41 Å². The predicted octanol–water partition coefficient (Wildman–Crippen LogP) is 5.06. The van der Waals surface area contributed by atoms with Crippen LogP contribution in [0, 0.1) is 17.3 Å². The van der Waals surface area contributed by atoms with Gasteiger partial charge in [0, 0.05) is 18.0 Å². The number of anilines is 1. The summed E-state index contributed by atoms with van der Waals surface area (Å²) < 4.78 is 21.6. The molecule has 1 unspecified atom stereocenters. The number of hydrogen-bond acceptors (Lipinski definition) is 7. The van der Waals surface area contributed by atoms with Crippen LogP contribution in [0.3, 0.4) is 0 Å². The Hall–Kier alpha value is -2.90. The normalized spacial score (nSPS) is 18.5. The van der Waals surface area contributed by atoms with Gasteiger partial charge in [-0.25, -0.2) is 18.9 Å². The molecule has 2 aromatic carbocycles. The minimum Gasteiger partial charge on any atom is -0.497 e. The van der Waals surface area contributed by atoms with Gasteiger partial charge in [0.1, 0.15) is 17.1 Å². The Morgan fingerprint density at radius 3 is 2.71 bits per heavy atom. The summed E-state index contributed by atoms with van der Waals surface area (Å²) in [5.41, 5.74) is 3.69. The Kier molecular flexibility index (Phi) is 9.05. The molecular formula is C32H38N4O3S2. The lowest BCUT2D eigenvalue weighted by Gasteiger charge is -2.44. The highest BCUT2D eigenvalue weighted by Crippen LogP contribution is 2.52. The largest absolute Gasteiger partial charge is 0.497 e. The second-order valence-electron chi connectivity index (χ2n) is 11.6. The van der Waals surface area contributed by atoms with Crippen molar-refractivity contribution in [3.05, 3.63) is 77.2 Å². The van der Waals surface area contributed by atoms with E-state index in [4.69, 9.17) is 9.72 Å². The number of ether oxygens (including phenoxy) is 1. The first kappa shape index (κ1) is 29.6. The molecule has 3 aromatic rings. The number of benzene rings is 2. The molecule has 0 bridgehead atoms. The third-order valence-corrected chi connectivity index (χ3v) is 10.3. The number of thioether (sulfide) groups is 1. The van der Waals surface area contributed by atoms with Crippen LogP contribution in [-0.4, -0.2) is 50.0 Å². The fourth-order valence-corrected chi connectivity index (χ4v) is 7.31. The van der Waals surface area contributed by atoms with Crippen molar-refractivity contribution in [2.45, 2.75) is 62.3 Å². The Morgan fingerprint density at radius 2 is 1.98 bits per heavy atom. The van der Waals surface area contributed by atoms with Crippen LogP contribution in [0.5, 0.6) is 5.75 Å². The second-order valence-corrected chi connectivity index (χ2v) is 14.7. The summed E-state index contributed by atoms with van der Waals surface area (Å²) in [5, 5.41) is 10.1. The lowest BCUT2D eigenvalue weighted by molar-refractivity contribution is 0.177. The molecule has 1 spiro atoms. The van der Waals surface area contributed by atoms with Gasteiger partial charge >= 0.3 is 0 Å². The number of rotatable bonds is 7. The van der Waals surface area contributed by atoms with Crippen molar-refractivity contribution in [1.82, 2.24) is 14.7 Å². The molecule has 0 radical (unpaired) electrons. The molecule has 2 heterocycles. The van der Waals surface area contributed by atoms with Gasteiger partial charge in [-0.15, -0.1) is 11.8 Å². The maximum Gasteiger partial charge on any atom is 0.152 e. The topological polar surface area (TPSA) is 87.6 Å². The molecule has 2 N–H and O–H groups in total. The van der Waals surface area contributed by atoms with E-state index in [1.165, 1.54) is 11.1 Å². The van der Waals surface area contributed by atoms with Crippen molar-refractivity contribution in [3.63, 3.8) is 0 Å². The van der Waals surface area contributed by atoms with Gasteiger partial charge in [-0.3, -0.25) is 0 Å². The van der Waals surface area contributed by atoms with E-state index in [1.807, 2.05) is 45.0 Å². The first-order chi connectivity index (χ1) is 19.7. The quantitative estimate of drug-likeness (QED) is 0.294. The smallest absolute Gasteiger partial charge is 0.152 e. The summed E-state index contributed by atoms with van der Waals surface area (Å²) >= 11 is 1.63. The maximum atomic E-state index is 13.2. The minimum absolute atomic E-state index is 0.0141. The first-order valence-corrected chi connectivity index (χ1v) is 16.1. The predicted molar refractivity (Wildman–Crippen MR) is 166 cm³/mol. The lowest BCUT2D eigenvalue weighted by atomic mass is 9.73. The van der Waals surface area contributed by atoms with Crippen molar-refractivity contribution >= 4 is 28.6 Å². The Labute approximate surface area is 250 Å². The number of nitrogens with zero attached hydrogens (tertiary/aromatic N) is 3.